The molecule has 0 aliphatic rings. The van der Waals surface area contributed by atoms with Crippen molar-refractivity contribution < 1.29 is 19.8 Å². The van der Waals surface area contributed by atoms with Gasteiger partial charge in [0.15, 0.2) is 5.92 Å². The zero-order valence-electron chi connectivity index (χ0n) is 5.76. The minimum Gasteiger partial charge on any atom is -0.480 e. The van der Waals surface area contributed by atoms with Crippen molar-refractivity contribution >= 4 is 11.9 Å². The summed E-state index contributed by atoms with van der Waals surface area (Å²) in [6.07, 6.45) is 1.13. The molecule has 0 amide bonds. The third-order valence-corrected chi connectivity index (χ3v) is 1.23. The average molecular weight is 171 g/mol. The molecule has 1 rings (SSSR count). The molecule has 12 heavy (non-hydrogen) atoms. The fraction of sp³-hybridized carbons (Fsp3) is 0.200. The second-order valence-electron chi connectivity index (χ2n) is 2.01. The van der Waals surface area contributed by atoms with Gasteiger partial charge in [-0.2, -0.15) is 0 Å². The summed E-state index contributed by atoms with van der Waals surface area (Å²) in [6, 6.07) is 0. The molecular weight excluding hydrogens is 166 g/mol. The van der Waals surface area contributed by atoms with Crippen LogP contribution in [0.5, 0.6) is 0 Å². The first-order valence-corrected chi connectivity index (χ1v) is 2.95. The Morgan fingerprint density at radius 1 is 1.42 bits per heavy atom. The number of H-pyrrole nitrogens is 1. The number of aromatic amines is 1. The molecule has 0 aliphatic carbocycles. The van der Waals surface area contributed by atoms with Crippen LogP contribution in [0.15, 0.2) is 6.20 Å². The predicted molar refractivity (Wildman–Crippen MR) is 34.4 cm³/mol. The highest BCUT2D eigenvalue weighted by Gasteiger charge is 2.30. The van der Waals surface area contributed by atoms with Gasteiger partial charge in [-0.1, -0.05) is 5.21 Å². The van der Waals surface area contributed by atoms with Crippen molar-refractivity contribution in [1.29, 1.82) is 0 Å². The molecule has 1 aromatic heterocycles. The summed E-state index contributed by atoms with van der Waals surface area (Å²) in [5, 5.41) is 25.6. The number of rotatable bonds is 3. The molecule has 0 radical (unpaired) electrons. The van der Waals surface area contributed by atoms with E-state index in [9.17, 15) is 9.59 Å². The minimum absolute atomic E-state index is 0.116. The highest BCUT2D eigenvalue weighted by molar-refractivity contribution is 5.98. The summed E-state index contributed by atoms with van der Waals surface area (Å²) in [7, 11) is 0. The molecule has 0 aliphatic heterocycles. The van der Waals surface area contributed by atoms with E-state index in [0.29, 0.717) is 0 Å². The van der Waals surface area contributed by atoms with Crippen LogP contribution >= 0.6 is 0 Å². The van der Waals surface area contributed by atoms with Crippen molar-refractivity contribution in [3.8, 4) is 0 Å². The van der Waals surface area contributed by atoms with Gasteiger partial charge in [-0.3, -0.25) is 14.7 Å². The molecule has 1 heterocycles. The van der Waals surface area contributed by atoms with E-state index >= 15 is 0 Å². The monoisotopic (exact) mass is 171 g/mol. The lowest BCUT2D eigenvalue weighted by atomic mass is 10.1. The van der Waals surface area contributed by atoms with E-state index in [0.717, 1.165) is 6.20 Å². The molecule has 0 bridgehead atoms. The van der Waals surface area contributed by atoms with E-state index in [-0.39, 0.29) is 5.69 Å². The Hall–Kier alpha value is -1.92. The lowest BCUT2D eigenvalue weighted by Gasteiger charge is -2.00. The molecule has 7 nitrogen and oxygen atoms in total. The van der Waals surface area contributed by atoms with E-state index in [1.807, 2.05) is 0 Å². The summed E-state index contributed by atoms with van der Waals surface area (Å²) in [5.41, 5.74) is -0.116. The number of hydrogen-bond acceptors (Lipinski definition) is 4. The fourth-order valence-corrected chi connectivity index (χ4v) is 0.710. The molecule has 0 saturated carbocycles. The first-order chi connectivity index (χ1) is 5.63. The molecule has 0 saturated heterocycles. The number of carboxylic acids is 2. The Labute approximate surface area is 66.0 Å². The molecule has 0 spiro atoms. The van der Waals surface area contributed by atoms with E-state index < -0.39 is 17.9 Å². The van der Waals surface area contributed by atoms with Crippen molar-refractivity contribution in [1.82, 2.24) is 15.4 Å². The first kappa shape index (κ1) is 8.18. The van der Waals surface area contributed by atoms with Crippen LogP contribution in [0.25, 0.3) is 0 Å². The summed E-state index contributed by atoms with van der Waals surface area (Å²) in [6.45, 7) is 0. The van der Waals surface area contributed by atoms with Crippen LogP contribution in [0.2, 0.25) is 0 Å². The largest absolute Gasteiger partial charge is 0.480 e. The van der Waals surface area contributed by atoms with Crippen molar-refractivity contribution in [3.05, 3.63) is 11.9 Å². The van der Waals surface area contributed by atoms with E-state index in [2.05, 4.69) is 15.4 Å². The third kappa shape index (κ3) is 1.39. The van der Waals surface area contributed by atoms with Crippen LogP contribution in [0.1, 0.15) is 11.6 Å². The van der Waals surface area contributed by atoms with E-state index in [4.69, 9.17) is 10.2 Å². The van der Waals surface area contributed by atoms with Gasteiger partial charge < -0.3 is 10.2 Å². The van der Waals surface area contributed by atoms with Crippen molar-refractivity contribution in [2.45, 2.75) is 5.92 Å². The first-order valence-electron chi connectivity index (χ1n) is 2.95. The third-order valence-electron chi connectivity index (χ3n) is 1.23. The maximum atomic E-state index is 10.4. The van der Waals surface area contributed by atoms with Crippen LogP contribution in [-0.4, -0.2) is 37.6 Å². The van der Waals surface area contributed by atoms with Gasteiger partial charge in [0, 0.05) is 6.20 Å². The van der Waals surface area contributed by atoms with Gasteiger partial charge in [0.25, 0.3) is 0 Å². The zero-order chi connectivity index (χ0) is 9.14. The van der Waals surface area contributed by atoms with Crippen LogP contribution in [0, 0.1) is 0 Å². The SMILES string of the molecule is O=C(O)C(C(=O)O)c1c[nH]nn1. The fourth-order valence-electron chi connectivity index (χ4n) is 0.710. The van der Waals surface area contributed by atoms with Gasteiger partial charge in [-0.15, -0.1) is 5.10 Å². The van der Waals surface area contributed by atoms with E-state index in [1.54, 1.807) is 0 Å². The van der Waals surface area contributed by atoms with Crippen LogP contribution in [-0.2, 0) is 9.59 Å². The zero-order valence-corrected chi connectivity index (χ0v) is 5.76. The Morgan fingerprint density at radius 2 is 2.00 bits per heavy atom. The molecule has 0 unspecified atom stereocenters. The summed E-state index contributed by atoms with van der Waals surface area (Å²) < 4.78 is 0. The molecule has 64 valence electrons. The van der Waals surface area contributed by atoms with Gasteiger partial charge in [0.2, 0.25) is 0 Å². The average Bonchev–Trinajstić information content (AvgIpc) is 2.37. The minimum atomic E-state index is -1.65. The molecule has 0 atom stereocenters. The van der Waals surface area contributed by atoms with Crippen molar-refractivity contribution in [3.63, 3.8) is 0 Å². The maximum Gasteiger partial charge on any atom is 0.324 e. The highest BCUT2D eigenvalue weighted by Crippen LogP contribution is 2.11. The van der Waals surface area contributed by atoms with Crippen molar-refractivity contribution in [2.75, 3.05) is 0 Å². The maximum absolute atomic E-state index is 10.4. The molecular formula is C5H5N3O4. The van der Waals surface area contributed by atoms with Gasteiger partial charge >= 0.3 is 11.9 Å². The number of nitrogens with one attached hydrogen (secondary N) is 1. The quantitative estimate of drug-likeness (QED) is 0.505. The van der Waals surface area contributed by atoms with Gasteiger partial charge in [-0.05, 0) is 0 Å². The second kappa shape index (κ2) is 2.99. The van der Waals surface area contributed by atoms with Gasteiger partial charge in [-0.25, -0.2) is 0 Å². The number of hydrogen-bond donors (Lipinski definition) is 3. The number of carbonyl (C=O) groups is 2. The number of nitrogens with zero attached hydrogens (tertiary/aromatic N) is 2. The Kier molecular flexibility index (Phi) is 2.04. The number of aliphatic carboxylic acids is 2. The standard InChI is InChI=1S/C5H5N3O4/c9-4(10)3(5(11)12)2-1-6-8-7-2/h1,3H,(H,9,10)(H,11,12)(H,6,7,8). The van der Waals surface area contributed by atoms with Crippen molar-refractivity contribution in [2.24, 2.45) is 0 Å². The normalized spacial score (nSPS) is 10.1. The Bertz CT molecular complexity index is 280. The van der Waals surface area contributed by atoms with Gasteiger partial charge in [0.1, 0.15) is 5.69 Å². The Balaban J connectivity index is 2.96. The van der Waals surface area contributed by atoms with Crippen LogP contribution in [0.3, 0.4) is 0 Å². The lowest BCUT2D eigenvalue weighted by Crippen LogP contribution is -2.21. The second-order valence-corrected chi connectivity index (χ2v) is 2.01. The van der Waals surface area contributed by atoms with E-state index in [1.165, 1.54) is 0 Å². The number of carboxylic acid groups (broad SMARTS) is 2. The van der Waals surface area contributed by atoms with Crippen LogP contribution in [0.4, 0.5) is 0 Å². The van der Waals surface area contributed by atoms with Gasteiger partial charge in [0.05, 0.1) is 0 Å². The smallest absolute Gasteiger partial charge is 0.324 e. The van der Waals surface area contributed by atoms with Crippen LogP contribution < -0.4 is 0 Å². The predicted octanol–water partition coefficient (Wildman–Crippen LogP) is -0.943. The molecule has 0 fully saturated rings. The summed E-state index contributed by atoms with van der Waals surface area (Å²) >= 11 is 0. The summed E-state index contributed by atoms with van der Waals surface area (Å²) in [5.74, 6) is -4.57. The molecule has 1 aromatic rings. The molecule has 3 N–H and O–H groups in total. The molecule has 7 heteroatoms. The molecule has 0 aromatic carbocycles. The Morgan fingerprint density at radius 3 is 2.33 bits per heavy atom. The topological polar surface area (TPSA) is 116 Å². The number of aromatic nitrogens is 3. The highest BCUT2D eigenvalue weighted by atomic mass is 16.4. The lowest BCUT2D eigenvalue weighted by molar-refractivity contribution is -0.150. The summed E-state index contributed by atoms with van der Waals surface area (Å²) in [4.78, 5) is 20.8.